The molecule has 3 heterocycles. The molecule has 0 radical (unpaired) electrons. The number of carbonyl (C=O) groups is 1. The maximum atomic E-state index is 12.2. The number of nitrogens with one attached hydrogen (secondary N) is 1. The fourth-order valence-corrected chi connectivity index (χ4v) is 2.51. The zero-order chi connectivity index (χ0) is 17.8. The van der Waals surface area contributed by atoms with Crippen molar-refractivity contribution in [3.8, 4) is 5.88 Å². The van der Waals surface area contributed by atoms with Crippen LogP contribution in [0, 0.1) is 0 Å². The Bertz CT molecular complexity index is 867. The van der Waals surface area contributed by atoms with E-state index in [1.165, 1.54) is 0 Å². The molecule has 0 bridgehead atoms. The van der Waals surface area contributed by atoms with Gasteiger partial charge < -0.3 is 10.1 Å². The van der Waals surface area contributed by atoms with Crippen molar-refractivity contribution in [3.05, 3.63) is 42.0 Å². The van der Waals surface area contributed by atoms with E-state index in [2.05, 4.69) is 20.6 Å². The Morgan fingerprint density at radius 2 is 2.16 bits per heavy atom. The van der Waals surface area contributed by atoms with E-state index in [1.54, 1.807) is 17.8 Å². The summed E-state index contributed by atoms with van der Waals surface area (Å²) in [5, 5.41) is 15.4. The van der Waals surface area contributed by atoms with Crippen LogP contribution in [0.5, 0.6) is 5.88 Å². The number of ether oxygens (including phenoxy) is 1. The van der Waals surface area contributed by atoms with Crippen molar-refractivity contribution in [2.24, 2.45) is 7.05 Å². The second-order valence-corrected chi connectivity index (χ2v) is 6.06. The summed E-state index contributed by atoms with van der Waals surface area (Å²) in [6.45, 7) is 4.40. The van der Waals surface area contributed by atoms with E-state index in [0.717, 1.165) is 24.3 Å². The lowest BCUT2D eigenvalue weighted by atomic mass is 10.3. The standard InChI is InChI=1S/C17H22N6O2/c1-12(2)25-16-11-13(21-22(16)3)17(24)18-9-6-8-15-20-19-14-7-4-5-10-23(14)15/h4-5,7,10-12H,6,8-9H2,1-3H3,(H,18,24). The van der Waals surface area contributed by atoms with Crippen molar-refractivity contribution < 1.29 is 9.53 Å². The molecule has 132 valence electrons. The normalized spacial score (nSPS) is 11.2. The molecular formula is C17H22N6O2. The molecular weight excluding hydrogens is 320 g/mol. The molecule has 0 unspecified atom stereocenters. The van der Waals surface area contributed by atoms with Crippen LogP contribution in [0.25, 0.3) is 5.65 Å². The van der Waals surface area contributed by atoms with Crippen molar-refractivity contribution in [2.45, 2.75) is 32.8 Å². The van der Waals surface area contributed by atoms with E-state index in [0.29, 0.717) is 18.1 Å². The molecule has 0 atom stereocenters. The van der Waals surface area contributed by atoms with E-state index in [-0.39, 0.29) is 12.0 Å². The van der Waals surface area contributed by atoms with Crippen molar-refractivity contribution in [2.75, 3.05) is 6.54 Å². The van der Waals surface area contributed by atoms with E-state index >= 15 is 0 Å². The number of hydrogen-bond acceptors (Lipinski definition) is 5. The third kappa shape index (κ3) is 3.96. The minimum Gasteiger partial charge on any atom is -0.475 e. The lowest BCUT2D eigenvalue weighted by Gasteiger charge is -2.07. The molecule has 3 aromatic heterocycles. The Hall–Kier alpha value is -2.90. The van der Waals surface area contributed by atoms with Gasteiger partial charge in [-0.2, -0.15) is 5.10 Å². The number of rotatable bonds is 7. The van der Waals surface area contributed by atoms with E-state index in [9.17, 15) is 4.79 Å². The predicted molar refractivity (Wildman–Crippen MR) is 92.6 cm³/mol. The molecule has 3 aromatic rings. The fourth-order valence-electron chi connectivity index (χ4n) is 2.51. The second-order valence-electron chi connectivity index (χ2n) is 6.06. The van der Waals surface area contributed by atoms with Gasteiger partial charge in [0.1, 0.15) is 5.82 Å². The molecule has 8 heteroatoms. The van der Waals surface area contributed by atoms with Crippen LogP contribution in [0.4, 0.5) is 0 Å². The number of aryl methyl sites for hydroxylation is 2. The molecule has 0 spiro atoms. The summed E-state index contributed by atoms with van der Waals surface area (Å²) >= 11 is 0. The van der Waals surface area contributed by atoms with Gasteiger partial charge in [0.05, 0.1) is 6.10 Å². The predicted octanol–water partition coefficient (Wildman–Crippen LogP) is 1.61. The lowest BCUT2D eigenvalue weighted by molar-refractivity contribution is 0.0947. The van der Waals surface area contributed by atoms with Gasteiger partial charge >= 0.3 is 0 Å². The molecule has 0 saturated heterocycles. The van der Waals surface area contributed by atoms with Gasteiger partial charge in [0.25, 0.3) is 5.91 Å². The van der Waals surface area contributed by atoms with Crippen molar-refractivity contribution in [1.82, 2.24) is 29.7 Å². The first-order chi connectivity index (χ1) is 12.0. The van der Waals surface area contributed by atoms with Gasteiger partial charge in [-0.25, -0.2) is 4.68 Å². The minimum absolute atomic E-state index is 0.0317. The van der Waals surface area contributed by atoms with Gasteiger partial charge in [-0.1, -0.05) is 6.07 Å². The Kier molecular flexibility index (Phi) is 4.97. The molecule has 3 rings (SSSR count). The van der Waals surface area contributed by atoms with Crippen LogP contribution < -0.4 is 10.1 Å². The third-order valence-electron chi connectivity index (χ3n) is 3.67. The first-order valence-corrected chi connectivity index (χ1v) is 8.32. The summed E-state index contributed by atoms with van der Waals surface area (Å²) in [4.78, 5) is 12.2. The van der Waals surface area contributed by atoms with Gasteiger partial charge in [0.15, 0.2) is 11.3 Å². The molecule has 0 aromatic carbocycles. The third-order valence-corrected chi connectivity index (χ3v) is 3.67. The average molecular weight is 342 g/mol. The molecule has 0 aliphatic rings. The van der Waals surface area contributed by atoms with Crippen LogP contribution in [-0.4, -0.2) is 42.9 Å². The summed E-state index contributed by atoms with van der Waals surface area (Å²) in [5.41, 5.74) is 1.18. The van der Waals surface area contributed by atoms with Gasteiger partial charge in [0.2, 0.25) is 5.88 Å². The first-order valence-electron chi connectivity index (χ1n) is 8.32. The fraction of sp³-hybridized carbons (Fsp3) is 0.412. The van der Waals surface area contributed by atoms with Crippen LogP contribution in [0.2, 0.25) is 0 Å². The summed E-state index contributed by atoms with van der Waals surface area (Å²) in [5.74, 6) is 1.26. The highest BCUT2D eigenvalue weighted by Crippen LogP contribution is 2.13. The molecule has 8 nitrogen and oxygen atoms in total. The van der Waals surface area contributed by atoms with E-state index < -0.39 is 0 Å². The van der Waals surface area contributed by atoms with Crippen LogP contribution in [0.1, 0.15) is 36.6 Å². The van der Waals surface area contributed by atoms with Crippen LogP contribution in [-0.2, 0) is 13.5 Å². The van der Waals surface area contributed by atoms with Crippen molar-refractivity contribution in [3.63, 3.8) is 0 Å². The molecule has 1 N–H and O–H groups in total. The summed E-state index contributed by atoms with van der Waals surface area (Å²) in [6.07, 6.45) is 3.47. The number of carbonyl (C=O) groups excluding carboxylic acids is 1. The number of hydrogen-bond donors (Lipinski definition) is 1. The number of pyridine rings is 1. The first kappa shape index (κ1) is 16.9. The molecule has 0 fully saturated rings. The Labute approximate surface area is 145 Å². The van der Waals surface area contributed by atoms with Gasteiger partial charge in [0, 0.05) is 32.3 Å². The highest BCUT2D eigenvalue weighted by Gasteiger charge is 2.14. The largest absolute Gasteiger partial charge is 0.475 e. The minimum atomic E-state index is -0.208. The quantitative estimate of drug-likeness (QED) is 0.659. The zero-order valence-corrected chi connectivity index (χ0v) is 14.6. The number of fused-ring (bicyclic) bond motifs is 1. The maximum Gasteiger partial charge on any atom is 0.271 e. The smallest absolute Gasteiger partial charge is 0.271 e. The van der Waals surface area contributed by atoms with Gasteiger partial charge in [-0.3, -0.25) is 9.20 Å². The molecule has 25 heavy (non-hydrogen) atoms. The maximum absolute atomic E-state index is 12.2. The second kappa shape index (κ2) is 7.33. The molecule has 0 aliphatic carbocycles. The van der Waals surface area contributed by atoms with Gasteiger partial charge in [-0.15, -0.1) is 10.2 Å². The SMILES string of the molecule is CC(C)Oc1cc(C(=O)NCCCc2nnc3ccccn23)nn1C. The zero-order valence-electron chi connectivity index (χ0n) is 14.6. The number of amides is 1. The molecule has 0 saturated carbocycles. The summed E-state index contributed by atoms with van der Waals surface area (Å²) in [6, 6.07) is 7.44. The average Bonchev–Trinajstić information content (AvgIpc) is 3.15. The summed E-state index contributed by atoms with van der Waals surface area (Å²) in [7, 11) is 1.75. The topological polar surface area (TPSA) is 86.3 Å². The van der Waals surface area contributed by atoms with Crippen molar-refractivity contribution in [1.29, 1.82) is 0 Å². The Balaban J connectivity index is 1.51. The Morgan fingerprint density at radius 1 is 1.32 bits per heavy atom. The lowest BCUT2D eigenvalue weighted by Crippen LogP contribution is -2.25. The number of nitrogens with zero attached hydrogens (tertiary/aromatic N) is 5. The van der Waals surface area contributed by atoms with Gasteiger partial charge in [-0.05, 0) is 32.4 Å². The Morgan fingerprint density at radius 3 is 2.96 bits per heavy atom. The highest BCUT2D eigenvalue weighted by molar-refractivity contribution is 5.92. The molecule has 0 aliphatic heterocycles. The van der Waals surface area contributed by atoms with Crippen LogP contribution >= 0.6 is 0 Å². The van der Waals surface area contributed by atoms with Crippen LogP contribution in [0.3, 0.4) is 0 Å². The summed E-state index contributed by atoms with van der Waals surface area (Å²) < 4.78 is 9.11. The van der Waals surface area contributed by atoms with E-state index in [1.807, 2.05) is 42.6 Å². The number of aromatic nitrogens is 5. The van der Waals surface area contributed by atoms with E-state index in [4.69, 9.17) is 4.74 Å². The van der Waals surface area contributed by atoms with Crippen LogP contribution in [0.15, 0.2) is 30.5 Å². The highest BCUT2D eigenvalue weighted by atomic mass is 16.5. The monoisotopic (exact) mass is 342 g/mol. The molecule has 1 amide bonds. The van der Waals surface area contributed by atoms with Crippen molar-refractivity contribution >= 4 is 11.6 Å².